The summed E-state index contributed by atoms with van der Waals surface area (Å²) < 4.78 is 0. The summed E-state index contributed by atoms with van der Waals surface area (Å²) in [5.41, 5.74) is 0.479. The summed E-state index contributed by atoms with van der Waals surface area (Å²) in [6.07, 6.45) is -2.46. The molecule has 0 bridgehead atoms. The Morgan fingerprint density at radius 1 is 0.750 bits per heavy atom. The van der Waals surface area contributed by atoms with E-state index in [4.69, 9.17) is 16.6 Å². The maximum Gasteiger partial charge on any atom is 0.357 e. The maximum absolute atomic E-state index is 12.2. The molecule has 0 aliphatic rings. The van der Waals surface area contributed by atoms with Gasteiger partial charge in [-0.2, -0.15) is 0 Å². The zero-order valence-electron chi connectivity index (χ0n) is 12.8. The second-order valence-corrected chi connectivity index (χ2v) is 9.20. The Morgan fingerprint density at radius 2 is 1.17 bits per heavy atom. The van der Waals surface area contributed by atoms with E-state index in [-0.39, 0.29) is 0 Å². The summed E-state index contributed by atoms with van der Waals surface area (Å²) >= 11 is 5.93. The van der Waals surface area contributed by atoms with Crippen molar-refractivity contribution in [2.75, 3.05) is 0 Å². The van der Waals surface area contributed by atoms with Gasteiger partial charge in [-0.25, -0.2) is 4.79 Å². The van der Waals surface area contributed by atoms with E-state index >= 15 is 0 Å². The molecule has 0 radical (unpaired) electrons. The van der Waals surface area contributed by atoms with E-state index in [2.05, 4.69) is 5.25 Å². The summed E-state index contributed by atoms with van der Waals surface area (Å²) in [5.74, 6) is -0.448. The first-order valence-electron chi connectivity index (χ1n) is 7.45. The fourth-order valence-corrected chi connectivity index (χ4v) is 5.02. The Bertz CT molecular complexity index is 811. The van der Waals surface area contributed by atoms with Crippen LogP contribution in [0.3, 0.4) is 0 Å². The molecular weight excluding hydrogens is 339 g/mol. The van der Waals surface area contributed by atoms with Crippen LogP contribution in [0.5, 0.6) is 0 Å². The van der Waals surface area contributed by atoms with Crippen LogP contribution in [0.15, 0.2) is 91.0 Å². The van der Waals surface area contributed by atoms with Crippen molar-refractivity contribution in [1.29, 1.82) is 0 Å². The van der Waals surface area contributed by atoms with Gasteiger partial charge in [0.05, 0.1) is 5.56 Å². The molecule has 24 heavy (non-hydrogen) atoms. The standard InChI is InChI=1S/C19H16NO2PS/c21-19(16-10-4-1-5-11-16)22-20-23(24,17-12-6-2-7-13-17)18-14-8-3-9-15-18/h1-15H,(H,20,24)/i21+2. The summed E-state index contributed by atoms with van der Waals surface area (Å²) in [6.45, 7) is 0. The molecule has 0 heterocycles. The Labute approximate surface area is 146 Å². The van der Waals surface area contributed by atoms with Gasteiger partial charge in [-0.05, 0) is 12.1 Å². The van der Waals surface area contributed by atoms with E-state index in [1.807, 2.05) is 66.7 Å². The molecular formula is C19H16NO2PS. The summed E-state index contributed by atoms with van der Waals surface area (Å²) in [6, 6.07) is 28.3. The molecule has 0 amide bonds. The molecule has 0 saturated carbocycles. The van der Waals surface area contributed by atoms with Crippen molar-refractivity contribution in [2.24, 2.45) is 0 Å². The average molecular weight is 355 g/mol. The van der Waals surface area contributed by atoms with Crippen molar-refractivity contribution in [3.8, 4) is 0 Å². The number of carbonyl (C=O) groups is 1. The van der Waals surface area contributed by atoms with E-state index in [0.717, 1.165) is 10.6 Å². The number of hydrogen-bond donors (Lipinski definition) is 1. The highest BCUT2D eigenvalue weighted by atomic mass is 32.4. The van der Waals surface area contributed by atoms with Crippen LogP contribution >= 0.6 is 6.19 Å². The van der Waals surface area contributed by atoms with Crippen molar-refractivity contribution in [3.05, 3.63) is 96.6 Å². The second-order valence-electron chi connectivity index (χ2n) is 5.13. The molecule has 0 saturated heterocycles. The van der Waals surface area contributed by atoms with Crippen LogP contribution in [0.1, 0.15) is 10.4 Å². The smallest absolute Gasteiger partial charge is 0.357 e. The van der Waals surface area contributed by atoms with Gasteiger partial charge >= 0.3 is 5.97 Å². The zero-order chi connectivity index (χ0) is 16.8. The minimum atomic E-state index is -2.46. The molecule has 0 spiro atoms. The van der Waals surface area contributed by atoms with E-state index in [0.29, 0.717) is 5.56 Å². The predicted molar refractivity (Wildman–Crippen MR) is 101 cm³/mol. The first kappa shape index (κ1) is 16.6. The third kappa shape index (κ3) is 3.62. The summed E-state index contributed by atoms with van der Waals surface area (Å²) in [5, 5.41) is 4.78. The lowest BCUT2D eigenvalue weighted by Gasteiger charge is -2.23. The number of nitrogens with one attached hydrogen (secondary N) is 1. The lowest BCUT2D eigenvalue weighted by Crippen LogP contribution is -2.29. The highest BCUT2D eigenvalue weighted by Gasteiger charge is 2.24. The highest BCUT2D eigenvalue weighted by molar-refractivity contribution is 8.20. The van der Waals surface area contributed by atoms with Gasteiger partial charge in [0, 0.05) is 10.6 Å². The summed E-state index contributed by atoms with van der Waals surface area (Å²) in [4.78, 5) is 17.6. The van der Waals surface area contributed by atoms with Crippen molar-refractivity contribution in [2.45, 2.75) is 0 Å². The van der Waals surface area contributed by atoms with Gasteiger partial charge < -0.3 is 4.84 Å². The van der Waals surface area contributed by atoms with Gasteiger partial charge in [-0.15, -0.1) is 5.25 Å². The van der Waals surface area contributed by atoms with E-state index < -0.39 is 12.2 Å². The maximum atomic E-state index is 12.2. The van der Waals surface area contributed by atoms with E-state index in [1.54, 1.807) is 24.3 Å². The van der Waals surface area contributed by atoms with Crippen LogP contribution in [0.4, 0.5) is 0 Å². The van der Waals surface area contributed by atoms with Gasteiger partial charge in [0.25, 0.3) is 0 Å². The first-order valence-corrected chi connectivity index (χ1v) is 10.3. The van der Waals surface area contributed by atoms with Crippen LogP contribution in [0.2, 0.25) is 0 Å². The molecule has 3 nitrogen and oxygen atoms in total. The molecule has 0 unspecified atom stereocenters. The fourth-order valence-electron chi connectivity index (χ4n) is 2.27. The molecule has 0 aliphatic carbocycles. The van der Waals surface area contributed by atoms with E-state index in [1.165, 1.54) is 0 Å². The largest absolute Gasteiger partial charge is 0.362 e. The molecule has 0 fully saturated rings. The zero-order valence-corrected chi connectivity index (χ0v) is 14.5. The highest BCUT2D eigenvalue weighted by Crippen LogP contribution is 2.39. The molecule has 0 aliphatic heterocycles. The van der Waals surface area contributed by atoms with Crippen LogP contribution in [-0.2, 0) is 16.6 Å². The lowest BCUT2D eigenvalue weighted by molar-refractivity contribution is 0.0418. The molecule has 1 N–H and O–H groups in total. The Balaban J connectivity index is 1.89. The molecule has 120 valence electrons. The quantitative estimate of drug-likeness (QED) is 0.433. The fraction of sp³-hybridized carbons (Fsp3) is 0. The first-order chi connectivity index (χ1) is 11.7. The predicted octanol–water partition coefficient (Wildman–Crippen LogP) is 3.39. The number of hydrogen-bond acceptors (Lipinski definition) is 3. The Kier molecular flexibility index (Phi) is 5.21. The molecule has 0 atom stereocenters. The van der Waals surface area contributed by atoms with Crippen molar-refractivity contribution < 1.29 is 9.63 Å². The molecule has 3 rings (SSSR count). The Morgan fingerprint density at radius 3 is 1.62 bits per heavy atom. The van der Waals surface area contributed by atoms with Gasteiger partial charge in [0.15, 0.2) is 0 Å². The van der Waals surface area contributed by atoms with Crippen LogP contribution in [0.25, 0.3) is 0 Å². The second kappa shape index (κ2) is 7.54. The molecule has 3 aromatic rings. The monoisotopic (exact) mass is 355 g/mol. The number of carbonyl (C=O) groups excluding carboxylic acids is 1. The van der Waals surface area contributed by atoms with Gasteiger partial charge in [0.2, 0.25) is 0 Å². The Hall–Kier alpha value is -2.26. The van der Waals surface area contributed by atoms with Crippen molar-refractivity contribution >= 4 is 34.6 Å². The minimum Gasteiger partial charge on any atom is -0.362 e. The van der Waals surface area contributed by atoms with Gasteiger partial charge in [0.1, 0.15) is 6.19 Å². The number of benzene rings is 3. The van der Waals surface area contributed by atoms with Crippen molar-refractivity contribution in [3.63, 3.8) is 0 Å². The van der Waals surface area contributed by atoms with Crippen LogP contribution in [-0.4, -0.2) is 5.97 Å². The van der Waals surface area contributed by atoms with E-state index in [9.17, 15) is 4.79 Å². The topological polar surface area (TPSA) is 38.3 Å². The van der Waals surface area contributed by atoms with Gasteiger partial charge in [-0.3, -0.25) is 0 Å². The molecule has 5 heteroatoms. The lowest BCUT2D eigenvalue weighted by atomic mass is 10.2. The summed E-state index contributed by atoms with van der Waals surface area (Å²) in [7, 11) is 0. The SMILES string of the molecule is [18O]=C(ONP(=S)(c1ccccc1)c1ccccc1)c1ccccc1. The van der Waals surface area contributed by atoms with Crippen LogP contribution < -0.4 is 15.9 Å². The normalized spacial score (nSPS) is 11.0. The third-order valence-electron chi connectivity index (χ3n) is 3.52. The number of rotatable bonds is 5. The molecule has 3 aromatic carbocycles. The minimum absolute atomic E-state index is 0.448. The molecule has 0 aromatic heterocycles. The third-order valence-corrected chi connectivity index (χ3v) is 7.40. The van der Waals surface area contributed by atoms with Crippen LogP contribution in [0, 0.1) is 0 Å². The van der Waals surface area contributed by atoms with Crippen molar-refractivity contribution in [1.82, 2.24) is 5.25 Å². The van der Waals surface area contributed by atoms with Gasteiger partial charge in [-0.1, -0.05) is 90.7 Å². The average Bonchev–Trinajstić information content (AvgIpc) is 2.68.